The number of rotatable bonds is 5. The van der Waals surface area contributed by atoms with Crippen molar-refractivity contribution in [2.75, 3.05) is 25.6 Å². The van der Waals surface area contributed by atoms with E-state index in [-0.39, 0.29) is 12.5 Å². The molecule has 17 heavy (non-hydrogen) atoms. The molecule has 1 aromatic rings. The predicted octanol–water partition coefficient (Wildman–Crippen LogP) is 0.843. The van der Waals surface area contributed by atoms with Crippen molar-refractivity contribution in [2.24, 2.45) is 0 Å². The quantitative estimate of drug-likeness (QED) is 0.766. The number of carbonyl (C=O) groups excluding carboxylic acids is 2. The smallest absolute Gasteiger partial charge is 0.339 e. The minimum atomic E-state index is -0.417. The van der Waals surface area contributed by atoms with E-state index in [1.54, 1.807) is 19.1 Å². The molecule has 0 saturated carbocycles. The molecule has 0 fully saturated rings. The van der Waals surface area contributed by atoms with Crippen LogP contribution in [-0.4, -0.2) is 37.2 Å². The molecule has 0 aliphatic carbocycles. The van der Waals surface area contributed by atoms with Gasteiger partial charge in [0.15, 0.2) is 0 Å². The highest BCUT2D eigenvalue weighted by Gasteiger charge is 2.07. The third kappa shape index (κ3) is 4.10. The molecule has 1 rings (SSSR count). The number of methoxy groups -OCH3 is 1. The van der Waals surface area contributed by atoms with Gasteiger partial charge < -0.3 is 14.8 Å². The van der Waals surface area contributed by atoms with Crippen LogP contribution in [0.3, 0.4) is 0 Å². The molecule has 1 heterocycles. The van der Waals surface area contributed by atoms with Crippen molar-refractivity contribution in [3.8, 4) is 0 Å². The molecule has 6 heteroatoms. The highest BCUT2D eigenvalue weighted by atomic mass is 16.5. The van der Waals surface area contributed by atoms with E-state index in [2.05, 4.69) is 15.0 Å². The van der Waals surface area contributed by atoms with E-state index >= 15 is 0 Å². The van der Waals surface area contributed by atoms with Gasteiger partial charge in [-0.2, -0.15) is 0 Å². The molecular weight excluding hydrogens is 224 g/mol. The molecule has 0 bridgehead atoms. The third-order valence-corrected chi connectivity index (χ3v) is 1.92. The number of pyridine rings is 1. The lowest BCUT2D eigenvalue weighted by Gasteiger charge is -2.05. The minimum absolute atomic E-state index is 0.0300. The SMILES string of the molecule is CCOC(=O)c1ccc(NCC(=O)OC)nc1. The summed E-state index contributed by atoms with van der Waals surface area (Å²) < 4.78 is 9.27. The second-order valence-electron chi connectivity index (χ2n) is 3.08. The average Bonchev–Trinajstić information content (AvgIpc) is 2.36. The van der Waals surface area contributed by atoms with Crippen LogP contribution in [0, 0.1) is 0 Å². The van der Waals surface area contributed by atoms with Gasteiger partial charge in [0.2, 0.25) is 0 Å². The minimum Gasteiger partial charge on any atom is -0.468 e. The van der Waals surface area contributed by atoms with E-state index in [1.807, 2.05) is 0 Å². The van der Waals surface area contributed by atoms with Gasteiger partial charge in [-0.05, 0) is 19.1 Å². The molecule has 1 N–H and O–H groups in total. The van der Waals surface area contributed by atoms with Crippen molar-refractivity contribution in [3.05, 3.63) is 23.9 Å². The standard InChI is InChI=1S/C11H14N2O4/c1-3-17-11(15)8-4-5-9(12-6-8)13-7-10(14)16-2/h4-6H,3,7H2,1-2H3,(H,12,13). The largest absolute Gasteiger partial charge is 0.468 e. The molecule has 0 atom stereocenters. The lowest BCUT2D eigenvalue weighted by atomic mass is 10.3. The number of anilines is 1. The van der Waals surface area contributed by atoms with E-state index in [0.717, 1.165) is 0 Å². The van der Waals surface area contributed by atoms with E-state index in [1.165, 1.54) is 13.3 Å². The lowest BCUT2D eigenvalue weighted by Crippen LogP contribution is -2.15. The monoisotopic (exact) mass is 238 g/mol. The molecule has 0 aliphatic heterocycles. The maximum Gasteiger partial charge on any atom is 0.339 e. The summed E-state index contributed by atoms with van der Waals surface area (Å²) in [6.07, 6.45) is 1.39. The fourth-order valence-corrected chi connectivity index (χ4v) is 1.07. The van der Waals surface area contributed by atoms with Crippen LogP contribution in [0.15, 0.2) is 18.3 Å². The average molecular weight is 238 g/mol. The Balaban J connectivity index is 2.56. The number of hydrogen-bond acceptors (Lipinski definition) is 6. The first-order valence-corrected chi connectivity index (χ1v) is 5.11. The number of esters is 2. The van der Waals surface area contributed by atoms with Gasteiger partial charge in [0, 0.05) is 6.20 Å². The summed E-state index contributed by atoms with van der Waals surface area (Å²) in [5.74, 6) is -0.316. The molecule has 0 saturated heterocycles. The van der Waals surface area contributed by atoms with Gasteiger partial charge in [0.1, 0.15) is 12.4 Å². The maximum absolute atomic E-state index is 11.3. The number of ether oxygens (including phenoxy) is 2. The highest BCUT2D eigenvalue weighted by Crippen LogP contribution is 2.06. The Morgan fingerprint density at radius 3 is 2.71 bits per heavy atom. The number of nitrogens with zero attached hydrogens (tertiary/aromatic N) is 1. The first kappa shape index (κ1) is 13.0. The van der Waals surface area contributed by atoms with Crippen LogP contribution in [0.5, 0.6) is 0 Å². The van der Waals surface area contributed by atoms with E-state index in [9.17, 15) is 9.59 Å². The Bertz CT molecular complexity index is 389. The summed E-state index contributed by atoms with van der Waals surface area (Å²) in [6, 6.07) is 3.17. The molecule has 0 unspecified atom stereocenters. The number of nitrogens with one attached hydrogen (secondary N) is 1. The number of hydrogen-bond donors (Lipinski definition) is 1. The Hall–Kier alpha value is -2.11. The molecule has 0 radical (unpaired) electrons. The van der Waals surface area contributed by atoms with Crippen molar-refractivity contribution >= 4 is 17.8 Å². The summed E-state index contributed by atoms with van der Waals surface area (Å²) in [4.78, 5) is 26.1. The first-order chi connectivity index (χ1) is 8.17. The molecule has 0 spiro atoms. The van der Waals surface area contributed by atoms with E-state index in [0.29, 0.717) is 18.0 Å². The predicted molar refractivity (Wildman–Crippen MR) is 60.7 cm³/mol. The van der Waals surface area contributed by atoms with Crippen LogP contribution in [0.1, 0.15) is 17.3 Å². The fraction of sp³-hybridized carbons (Fsp3) is 0.364. The van der Waals surface area contributed by atoms with Crippen LogP contribution >= 0.6 is 0 Å². The summed E-state index contributed by atoms with van der Waals surface area (Å²) in [5.41, 5.74) is 0.371. The highest BCUT2D eigenvalue weighted by molar-refractivity contribution is 5.89. The van der Waals surface area contributed by atoms with Gasteiger partial charge in [-0.25, -0.2) is 9.78 Å². The zero-order valence-electron chi connectivity index (χ0n) is 9.73. The van der Waals surface area contributed by atoms with Gasteiger partial charge in [-0.1, -0.05) is 0 Å². The first-order valence-electron chi connectivity index (χ1n) is 5.11. The molecule has 0 aromatic carbocycles. The summed E-state index contributed by atoms with van der Waals surface area (Å²) >= 11 is 0. The molecule has 0 amide bonds. The van der Waals surface area contributed by atoms with Gasteiger partial charge >= 0.3 is 11.9 Å². The Labute approximate surface area is 98.9 Å². The van der Waals surface area contributed by atoms with Crippen LogP contribution < -0.4 is 5.32 Å². The van der Waals surface area contributed by atoms with Crippen LogP contribution in [0.4, 0.5) is 5.82 Å². The lowest BCUT2D eigenvalue weighted by molar-refractivity contribution is -0.138. The normalized spacial score (nSPS) is 9.53. The number of carbonyl (C=O) groups is 2. The molecule has 0 aliphatic rings. The third-order valence-electron chi connectivity index (χ3n) is 1.92. The molecule has 6 nitrogen and oxygen atoms in total. The zero-order valence-corrected chi connectivity index (χ0v) is 9.73. The van der Waals surface area contributed by atoms with Crippen LogP contribution in [-0.2, 0) is 14.3 Å². The van der Waals surface area contributed by atoms with E-state index in [4.69, 9.17) is 4.74 Å². The molecular formula is C11H14N2O4. The van der Waals surface area contributed by atoms with Crippen molar-refractivity contribution in [1.29, 1.82) is 0 Å². The second-order valence-corrected chi connectivity index (χ2v) is 3.08. The van der Waals surface area contributed by atoms with Gasteiger partial charge in [0.25, 0.3) is 0 Å². The van der Waals surface area contributed by atoms with Crippen LogP contribution in [0.25, 0.3) is 0 Å². The summed E-state index contributed by atoms with van der Waals surface area (Å²) in [6.45, 7) is 2.08. The Kier molecular flexibility index (Phi) is 4.93. The van der Waals surface area contributed by atoms with Crippen molar-refractivity contribution in [2.45, 2.75) is 6.92 Å². The van der Waals surface area contributed by atoms with Crippen molar-refractivity contribution in [1.82, 2.24) is 4.98 Å². The molecule has 92 valence electrons. The zero-order chi connectivity index (χ0) is 12.7. The number of aromatic nitrogens is 1. The Morgan fingerprint density at radius 2 is 2.18 bits per heavy atom. The van der Waals surface area contributed by atoms with Gasteiger partial charge in [0.05, 0.1) is 19.3 Å². The maximum atomic E-state index is 11.3. The topological polar surface area (TPSA) is 77.5 Å². The Morgan fingerprint density at radius 1 is 1.41 bits per heavy atom. The van der Waals surface area contributed by atoms with Gasteiger partial charge in [-0.3, -0.25) is 4.79 Å². The fourth-order valence-electron chi connectivity index (χ4n) is 1.07. The van der Waals surface area contributed by atoms with Crippen molar-refractivity contribution < 1.29 is 19.1 Å². The second kappa shape index (κ2) is 6.47. The van der Waals surface area contributed by atoms with E-state index < -0.39 is 5.97 Å². The van der Waals surface area contributed by atoms with Crippen LogP contribution in [0.2, 0.25) is 0 Å². The molecule has 1 aromatic heterocycles. The van der Waals surface area contributed by atoms with Gasteiger partial charge in [-0.15, -0.1) is 0 Å². The van der Waals surface area contributed by atoms with Crippen molar-refractivity contribution in [3.63, 3.8) is 0 Å². The summed E-state index contributed by atoms with van der Waals surface area (Å²) in [7, 11) is 1.31. The summed E-state index contributed by atoms with van der Waals surface area (Å²) in [5, 5.41) is 2.76.